The lowest BCUT2D eigenvalue weighted by Gasteiger charge is -2.27. The Morgan fingerprint density at radius 1 is 1.28 bits per heavy atom. The standard InChI is InChI=1S/C13H17N3O2/c17-13(18)11-6-3-7-16(11)12-9-4-1-2-5-10(9)14-8-15-12/h8,11H,1-7H2,(H,17,18). The Labute approximate surface area is 106 Å². The summed E-state index contributed by atoms with van der Waals surface area (Å²) in [5, 5.41) is 9.26. The molecule has 96 valence electrons. The molecule has 0 saturated carbocycles. The van der Waals surface area contributed by atoms with Gasteiger partial charge in [0.2, 0.25) is 0 Å². The van der Waals surface area contributed by atoms with E-state index in [2.05, 4.69) is 9.97 Å². The highest BCUT2D eigenvalue weighted by atomic mass is 16.4. The number of anilines is 1. The number of aryl methyl sites for hydroxylation is 1. The van der Waals surface area contributed by atoms with Crippen LogP contribution in [-0.2, 0) is 17.6 Å². The fourth-order valence-electron chi connectivity index (χ4n) is 3.03. The van der Waals surface area contributed by atoms with Gasteiger partial charge in [-0.05, 0) is 38.5 Å². The molecule has 1 fully saturated rings. The summed E-state index contributed by atoms with van der Waals surface area (Å²) in [6.07, 6.45) is 7.52. The molecule has 5 heteroatoms. The van der Waals surface area contributed by atoms with Gasteiger partial charge >= 0.3 is 5.97 Å². The quantitative estimate of drug-likeness (QED) is 0.856. The van der Waals surface area contributed by atoms with Gasteiger partial charge in [0.15, 0.2) is 0 Å². The molecule has 1 atom stereocenters. The van der Waals surface area contributed by atoms with Gasteiger partial charge in [0.1, 0.15) is 18.2 Å². The molecule has 1 aromatic heterocycles. The molecular formula is C13H17N3O2. The minimum absolute atomic E-state index is 0.411. The maximum Gasteiger partial charge on any atom is 0.326 e. The first-order valence-corrected chi connectivity index (χ1v) is 6.59. The first-order valence-electron chi connectivity index (χ1n) is 6.59. The van der Waals surface area contributed by atoms with Crippen LogP contribution in [0.2, 0.25) is 0 Å². The van der Waals surface area contributed by atoms with E-state index in [1.165, 1.54) is 12.0 Å². The van der Waals surface area contributed by atoms with Crippen molar-refractivity contribution in [3.63, 3.8) is 0 Å². The van der Waals surface area contributed by atoms with Crippen molar-refractivity contribution in [3.05, 3.63) is 17.6 Å². The lowest BCUT2D eigenvalue weighted by Crippen LogP contribution is -2.37. The molecule has 1 saturated heterocycles. The number of aliphatic carboxylic acids is 1. The lowest BCUT2D eigenvalue weighted by atomic mass is 9.96. The van der Waals surface area contributed by atoms with Crippen LogP contribution in [-0.4, -0.2) is 33.6 Å². The molecule has 1 aliphatic heterocycles. The molecule has 5 nitrogen and oxygen atoms in total. The third kappa shape index (κ3) is 1.83. The van der Waals surface area contributed by atoms with Gasteiger partial charge in [-0.3, -0.25) is 0 Å². The predicted octanol–water partition coefficient (Wildman–Crippen LogP) is 1.41. The average Bonchev–Trinajstić information content (AvgIpc) is 2.87. The SMILES string of the molecule is O=C(O)C1CCCN1c1ncnc2c1CCCC2. The van der Waals surface area contributed by atoms with Crippen molar-refractivity contribution < 1.29 is 9.90 Å². The molecule has 0 spiro atoms. The molecule has 0 aromatic carbocycles. The Hall–Kier alpha value is -1.65. The smallest absolute Gasteiger partial charge is 0.326 e. The summed E-state index contributed by atoms with van der Waals surface area (Å²) in [6.45, 7) is 0.792. The fourth-order valence-corrected chi connectivity index (χ4v) is 3.03. The molecule has 2 heterocycles. The fraction of sp³-hybridized carbons (Fsp3) is 0.615. The zero-order valence-electron chi connectivity index (χ0n) is 10.3. The first kappa shape index (κ1) is 11.4. The Balaban J connectivity index is 1.99. The van der Waals surface area contributed by atoms with Gasteiger partial charge in [0.05, 0.1) is 0 Å². The first-order chi connectivity index (χ1) is 8.77. The normalized spacial score (nSPS) is 22.9. The summed E-state index contributed by atoms with van der Waals surface area (Å²) in [5.74, 6) is 0.125. The Kier molecular flexibility index (Phi) is 2.89. The largest absolute Gasteiger partial charge is 0.480 e. The summed E-state index contributed by atoms with van der Waals surface area (Å²) in [4.78, 5) is 21.9. The zero-order valence-corrected chi connectivity index (χ0v) is 10.3. The van der Waals surface area contributed by atoms with E-state index in [-0.39, 0.29) is 0 Å². The van der Waals surface area contributed by atoms with Crippen molar-refractivity contribution in [1.29, 1.82) is 0 Å². The van der Waals surface area contributed by atoms with Crippen LogP contribution in [0, 0.1) is 0 Å². The highest BCUT2D eigenvalue weighted by molar-refractivity contribution is 5.79. The van der Waals surface area contributed by atoms with E-state index >= 15 is 0 Å². The second-order valence-electron chi connectivity index (χ2n) is 5.02. The van der Waals surface area contributed by atoms with Gasteiger partial charge in [-0.25, -0.2) is 14.8 Å². The number of hydrogen-bond acceptors (Lipinski definition) is 4. The van der Waals surface area contributed by atoms with E-state index in [1.54, 1.807) is 6.33 Å². The van der Waals surface area contributed by atoms with Crippen molar-refractivity contribution in [2.45, 2.75) is 44.6 Å². The van der Waals surface area contributed by atoms with E-state index in [4.69, 9.17) is 0 Å². The van der Waals surface area contributed by atoms with Crippen molar-refractivity contribution in [1.82, 2.24) is 9.97 Å². The molecule has 2 aliphatic rings. The summed E-state index contributed by atoms with van der Waals surface area (Å²) >= 11 is 0. The molecule has 1 aromatic rings. The van der Waals surface area contributed by atoms with Gasteiger partial charge in [-0.15, -0.1) is 0 Å². The number of nitrogens with zero attached hydrogens (tertiary/aromatic N) is 3. The maximum absolute atomic E-state index is 11.3. The zero-order chi connectivity index (χ0) is 12.5. The van der Waals surface area contributed by atoms with Crippen molar-refractivity contribution in [3.8, 4) is 0 Å². The van der Waals surface area contributed by atoms with Crippen molar-refractivity contribution >= 4 is 11.8 Å². The van der Waals surface area contributed by atoms with E-state index in [9.17, 15) is 9.90 Å². The number of carboxylic acids is 1. The van der Waals surface area contributed by atoms with Crippen molar-refractivity contribution in [2.24, 2.45) is 0 Å². The minimum Gasteiger partial charge on any atom is -0.480 e. The second-order valence-corrected chi connectivity index (χ2v) is 5.02. The summed E-state index contributed by atoms with van der Waals surface area (Å²) in [6, 6.07) is -0.411. The molecule has 0 bridgehead atoms. The number of hydrogen-bond donors (Lipinski definition) is 1. The Bertz CT molecular complexity index is 475. The van der Waals surface area contributed by atoms with Crippen LogP contribution in [0.4, 0.5) is 5.82 Å². The van der Waals surface area contributed by atoms with Crippen LogP contribution < -0.4 is 4.90 Å². The van der Waals surface area contributed by atoms with E-state index in [0.29, 0.717) is 6.42 Å². The monoisotopic (exact) mass is 247 g/mol. The van der Waals surface area contributed by atoms with Gasteiger partial charge < -0.3 is 10.0 Å². The van der Waals surface area contributed by atoms with E-state index in [1.807, 2.05) is 4.90 Å². The van der Waals surface area contributed by atoms with Crippen LogP contribution in [0.5, 0.6) is 0 Å². The van der Waals surface area contributed by atoms with Crippen molar-refractivity contribution in [2.75, 3.05) is 11.4 Å². The number of rotatable bonds is 2. The van der Waals surface area contributed by atoms with E-state index in [0.717, 1.165) is 43.7 Å². The second kappa shape index (κ2) is 4.55. The molecule has 18 heavy (non-hydrogen) atoms. The maximum atomic E-state index is 11.3. The van der Waals surface area contributed by atoms with Gasteiger partial charge in [0, 0.05) is 17.8 Å². The van der Waals surface area contributed by atoms with E-state index < -0.39 is 12.0 Å². The summed E-state index contributed by atoms with van der Waals surface area (Å²) in [7, 11) is 0. The molecular weight excluding hydrogens is 230 g/mol. The third-order valence-corrected chi connectivity index (χ3v) is 3.91. The predicted molar refractivity (Wildman–Crippen MR) is 66.7 cm³/mol. The molecule has 3 rings (SSSR count). The molecule has 0 amide bonds. The Morgan fingerprint density at radius 3 is 2.94 bits per heavy atom. The van der Waals surface area contributed by atoms with Crippen LogP contribution >= 0.6 is 0 Å². The van der Waals surface area contributed by atoms with Gasteiger partial charge in [-0.2, -0.15) is 0 Å². The molecule has 1 N–H and O–H groups in total. The van der Waals surface area contributed by atoms with Crippen LogP contribution in [0.3, 0.4) is 0 Å². The number of fused-ring (bicyclic) bond motifs is 1. The highest BCUT2D eigenvalue weighted by Gasteiger charge is 2.33. The summed E-state index contributed by atoms with van der Waals surface area (Å²) in [5.41, 5.74) is 2.29. The van der Waals surface area contributed by atoms with Crippen LogP contribution in [0.15, 0.2) is 6.33 Å². The number of carboxylic acid groups (broad SMARTS) is 1. The minimum atomic E-state index is -0.740. The van der Waals surface area contributed by atoms with Gasteiger partial charge in [0.25, 0.3) is 0 Å². The summed E-state index contributed by atoms with van der Waals surface area (Å²) < 4.78 is 0. The highest BCUT2D eigenvalue weighted by Crippen LogP contribution is 2.31. The number of aromatic nitrogens is 2. The van der Waals surface area contributed by atoms with Crippen LogP contribution in [0.25, 0.3) is 0 Å². The Morgan fingerprint density at radius 2 is 2.11 bits per heavy atom. The lowest BCUT2D eigenvalue weighted by molar-refractivity contribution is -0.138. The topological polar surface area (TPSA) is 66.3 Å². The van der Waals surface area contributed by atoms with Gasteiger partial charge in [-0.1, -0.05) is 0 Å². The number of carbonyl (C=O) groups is 1. The third-order valence-electron chi connectivity index (χ3n) is 3.91. The average molecular weight is 247 g/mol. The molecule has 1 unspecified atom stereocenters. The molecule has 0 radical (unpaired) electrons. The molecule has 1 aliphatic carbocycles. The van der Waals surface area contributed by atoms with Crippen LogP contribution in [0.1, 0.15) is 36.9 Å².